The van der Waals surface area contributed by atoms with Crippen molar-refractivity contribution in [3.8, 4) is 35.7 Å². The first-order valence-electron chi connectivity index (χ1n) is 17.7. The van der Waals surface area contributed by atoms with Gasteiger partial charge in [0.2, 0.25) is 5.95 Å². The molecule has 54 heavy (non-hydrogen) atoms. The van der Waals surface area contributed by atoms with Crippen LogP contribution >= 0.6 is 0 Å². The van der Waals surface area contributed by atoms with Crippen molar-refractivity contribution < 1.29 is 24.1 Å². The van der Waals surface area contributed by atoms with Crippen LogP contribution in [0.15, 0.2) is 88.6 Å². The Balaban J connectivity index is 1.36. The molecule has 3 aromatic carbocycles. The van der Waals surface area contributed by atoms with E-state index < -0.39 is 29.6 Å². The van der Waals surface area contributed by atoms with Gasteiger partial charge in [-0.05, 0) is 59.7 Å². The van der Waals surface area contributed by atoms with E-state index in [-0.39, 0.29) is 35.7 Å². The van der Waals surface area contributed by atoms with Crippen LogP contribution in [0, 0.1) is 24.2 Å². The van der Waals surface area contributed by atoms with E-state index in [1.807, 2.05) is 93.0 Å². The number of methoxy groups -OCH3 is 2. The molecule has 12 nitrogen and oxygen atoms in total. The van der Waals surface area contributed by atoms with E-state index in [2.05, 4.69) is 32.7 Å². The van der Waals surface area contributed by atoms with E-state index >= 15 is 0 Å². The van der Waals surface area contributed by atoms with Crippen molar-refractivity contribution in [1.29, 1.82) is 0 Å². The van der Waals surface area contributed by atoms with Crippen molar-refractivity contribution >= 4 is 23.3 Å². The number of aliphatic hydroxyl groups excluding tert-OH is 1. The zero-order valence-corrected chi connectivity index (χ0v) is 30.9. The SMILES string of the molecule is C#CCCCCC#Cc1nn([C@H]2C[C@H](O)[C@@H](COC(c3ccccc3)(c3ccc(OC)cc3)c3ccc(OC)cc3)O2)c2nc(/N=C/N(C)C)[nH]c(=O)c12. The normalized spacial score (nSPS) is 16.9. The number of H-pyrrole nitrogens is 1. The largest absolute Gasteiger partial charge is 0.497 e. The Morgan fingerprint density at radius 3 is 2.24 bits per heavy atom. The van der Waals surface area contributed by atoms with Crippen LogP contribution < -0.4 is 15.0 Å². The van der Waals surface area contributed by atoms with Gasteiger partial charge in [0.1, 0.15) is 28.6 Å². The summed E-state index contributed by atoms with van der Waals surface area (Å²) in [5.41, 5.74) is 1.53. The van der Waals surface area contributed by atoms with Gasteiger partial charge in [-0.25, -0.2) is 9.67 Å². The van der Waals surface area contributed by atoms with Gasteiger partial charge in [-0.3, -0.25) is 9.78 Å². The summed E-state index contributed by atoms with van der Waals surface area (Å²) in [6, 6.07) is 25.3. The first-order valence-corrected chi connectivity index (χ1v) is 17.7. The molecule has 5 aromatic rings. The molecule has 12 heteroatoms. The highest BCUT2D eigenvalue weighted by atomic mass is 16.6. The minimum Gasteiger partial charge on any atom is -0.497 e. The number of aliphatic imine (C=N–C) groups is 1. The number of hydrogen-bond donors (Lipinski definition) is 2. The Morgan fingerprint density at radius 2 is 1.63 bits per heavy atom. The Morgan fingerprint density at radius 1 is 1.00 bits per heavy atom. The highest BCUT2D eigenvalue weighted by Gasteiger charge is 2.42. The number of aromatic amines is 1. The quantitative estimate of drug-likeness (QED) is 0.0495. The fraction of sp³-hybridized carbons (Fsp3) is 0.333. The summed E-state index contributed by atoms with van der Waals surface area (Å²) in [5, 5.41) is 16.4. The number of aliphatic hydroxyl groups is 1. The van der Waals surface area contributed by atoms with Gasteiger partial charge < -0.3 is 29.0 Å². The lowest BCUT2D eigenvalue weighted by atomic mass is 9.80. The van der Waals surface area contributed by atoms with Crippen LogP contribution in [0.3, 0.4) is 0 Å². The van der Waals surface area contributed by atoms with Crippen molar-refractivity contribution in [3.63, 3.8) is 0 Å². The van der Waals surface area contributed by atoms with E-state index in [9.17, 15) is 9.90 Å². The van der Waals surface area contributed by atoms with Crippen LogP contribution in [0.5, 0.6) is 11.5 Å². The lowest BCUT2D eigenvalue weighted by Crippen LogP contribution is -2.38. The molecule has 1 fully saturated rings. The molecule has 0 bridgehead atoms. The maximum Gasteiger partial charge on any atom is 0.264 e. The number of aromatic nitrogens is 4. The van der Waals surface area contributed by atoms with Gasteiger partial charge in [-0.15, -0.1) is 12.3 Å². The first-order chi connectivity index (χ1) is 26.3. The maximum absolute atomic E-state index is 13.4. The highest BCUT2D eigenvalue weighted by Crippen LogP contribution is 2.43. The molecule has 0 aliphatic carbocycles. The highest BCUT2D eigenvalue weighted by molar-refractivity contribution is 5.81. The second-order valence-corrected chi connectivity index (χ2v) is 13.0. The minimum absolute atomic E-state index is 0.000526. The zero-order chi connectivity index (χ0) is 38.1. The molecule has 278 valence electrons. The van der Waals surface area contributed by atoms with E-state index in [0.717, 1.165) is 29.5 Å². The number of nitrogens with zero attached hydrogens (tertiary/aromatic N) is 5. The van der Waals surface area contributed by atoms with E-state index in [0.29, 0.717) is 24.3 Å². The molecule has 0 unspecified atom stereocenters. The van der Waals surface area contributed by atoms with Crippen LogP contribution in [0.2, 0.25) is 0 Å². The summed E-state index contributed by atoms with van der Waals surface area (Å²) in [6.45, 7) is 0.000526. The molecule has 2 N–H and O–H groups in total. The summed E-state index contributed by atoms with van der Waals surface area (Å²) < 4.78 is 26.0. The van der Waals surface area contributed by atoms with E-state index in [1.165, 1.54) is 11.0 Å². The molecule has 1 saturated heterocycles. The molecule has 0 radical (unpaired) electrons. The van der Waals surface area contributed by atoms with Gasteiger partial charge in [-0.2, -0.15) is 10.1 Å². The molecular weight excluding hydrogens is 684 g/mol. The van der Waals surface area contributed by atoms with Crippen LogP contribution in [-0.2, 0) is 15.1 Å². The van der Waals surface area contributed by atoms with E-state index in [4.69, 9.17) is 30.5 Å². The van der Waals surface area contributed by atoms with Gasteiger partial charge in [-0.1, -0.05) is 60.5 Å². The topological polar surface area (TPSA) is 136 Å². The van der Waals surface area contributed by atoms with Crippen molar-refractivity contribution in [2.45, 2.75) is 56.1 Å². The fourth-order valence-electron chi connectivity index (χ4n) is 6.44. The average Bonchev–Trinajstić information content (AvgIpc) is 3.76. The minimum atomic E-state index is -1.11. The molecule has 2 aromatic heterocycles. The monoisotopic (exact) mass is 728 g/mol. The number of hydrogen-bond acceptors (Lipinski definition) is 9. The first kappa shape index (κ1) is 37.8. The summed E-state index contributed by atoms with van der Waals surface area (Å²) >= 11 is 0. The van der Waals surface area contributed by atoms with Crippen molar-refractivity contribution in [3.05, 3.63) is 112 Å². The smallest absolute Gasteiger partial charge is 0.264 e. The lowest BCUT2D eigenvalue weighted by Gasteiger charge is -2.37. The Hall–Kier alpha value is -5.92. The molecule has 0 spiro atoms. The summed E-state index contributed by atoms with van der Waals surface area (Å²) in [6.07, 6.45) is 7.55. The third kappa shape index (κ3) is 8.17. The predicted molar refractivity (Wildman–Crippen MR) is 207 cm³/mol. The summed E-state index contributed by atoms with van der Waals surface area (Å²) in [7, 11) is 6.87. The third-order valence-corrected chi connectivity index (χ3v) is 9.15. The summed E-state index contributed by atoms with van der Waals surface area (Å²) in [4.78, 5) is 26.8. The number of rotatable bonds is 14. The Kier molecular flexibility index (Phi) is 12.1. The average molecular weight is 729 g/mol. The standard InChI is InChI=1S/C42H44N6O6/c1-6-7-8-9-10-14-17-34-38-39(44-41(45-40(38)50)43-28-47(2)3)48(46-34)37-26-35(49)36(54-37)27-53-42(29-15-12-11-13-16-29,30-18-22-32(51-4)23-19-30)31-20-24-33(52-5)25-21-31/h1,11-13,15-16,18-25,28,35-37,49H,7-10,26-27H2,2-5H3,(H,44,45,50)/b43-28+/t35-,36+,37+/m0/s1. The Labute approximate surface area is 314 Å². The van der Waals surface area contributed by atoms with Gasteiger partial charge in [0.15, 0.2) is 17.6 Å². The van der Waals surface area contributed by atoms with Gasteiger partial charge >= 0.3 is 0 Å². The van der Waals surface area contributed by atoms with Gasteiger partial charge in [0, 0.05) is 33.4 Å². The third-order valence-electron chi connectivity index (χ3n) is 9.15. The second kappa shape index (κ2) is 17.3. The van der Waals surface area contributed by atoms with E-state index in [1.54, 1.807) is 19.1 Å². The van der Waals surface area contributed by atoms with Crippen LogP contribution in [0.4, 0.5) is 5.95 Å². The van der Waals surface area contributed by atoms with Gasteiger partial charge in [0.25, 0.3) is 5.56 Å². The summed E-state index contributed by atoms with van der Waals surface area (Å²) in [5.74, 6) is 10.3. The molecule has 0 saturated carbocycles. The molecule has 1 aliphatic rings. The van der Waals surface area contributed by atoms with Crippen LogP contribution in [-0.4, -0.2) is 83.2 Å². The van der Waals surface area contributed by atoms with Crippen LogP contribution in [0.1, 0.15) is 60.7 Å². The van der Waals surface area contributed by atoms with Crippen LogP contribution in [0.25, 0.3) is 11.0 Å². The number of unbranched alkanes of at least 4 members (excludes halogenated alkanes) is 3. The number of terminal acetylenes is 1. The Bertz CT molecular complexity index is 2160. The van der Waals surface area contributed by atoms with Gasteiger partial charge in [0.05, 0.1) is 33.3 Å². The lowest BCUT2D eigenvalue weighted by molar-refractivity contribution is -0.0950. The molecule has 6 rings (SSSR count). The van der Waals surface area contributed by atoms with Crippen molar-refractivity contribution in [1.82, 2.24) is 24.6 Å². The van der Waals surface area contributed by atoms with Crippen molar-refractivity contribution in [2.24, 2.45) is 4.99 Å². The number of nitrogens with one attached hydrogen (secondary N) is 1. The molecule has 3 atom stereocenters. The predicted octanol–water partition coefficient (Wildman–Crippen LogP) is 5.56. The van der Waals surface area contributed by atoms with Crippen molar-refractivity contribution in [2.75, 3.05) is 34.9 Å². The molecule has 1 aliphatic heterocycles. The fourth-order valence-corrected chi connectivity index (χ4v) is 6.44. The second-order valence-electron chi connectivity index (χ2n) is 13.0. The maximum atomic E-state index is 13.4. The number of fused-ring (bicyclic) bond motifs is 1. The number of ether oxygens (including phenoxy) is 4. The molecule has 3 heterocycles. The zero-order valence-electron chi connectivity index (χ0n) is 30.9. The number of benzene rings is 3. The molecule has 0 amide bonds. The molecular formula is C42H44N6O6.